The Bertz CT molecular complexity index is 776. The summed E-state index contributed by atoms with van der Waals surface area (Å²) in [5.41, 5.74) is 1.68. The van der Waals surface area contributed by atoms with E-state index in [1.807, 2.05) is 6.07 Å². The first-order valence-corrected chi connectivity index (χ1v) is 7.50. The number of anilines is 1. The zero-order valence-corrected chi connectivity index (χ0v) is 12.8. The molecule has 0 spiro atoms. The Labute approximate surface area is 138 Å². The molecule has 0 bridgehead atoms. The minimum absolute atomic E-state index is 0.133. The van der Waals surface area contributed by atoms with E-state index in [-0.39, 0.29) is 18.2 Å². The van der Waals surface area contributed by atoms with E-state index in [0.29, 0.717) is 17.8 Å². The number of hydrogen-bond acceptors (Lipinski definition) is 4. The van der Waals surface area contributed by atoms with Gasteiger partial charge >= 0.3 is 0 Å². The van der Waals surface area contributed by atoms with Gasteiger partial charge in [-0.15, -0.1) is 0 Å². The maximum Gasteiger partial charge on any atom is 0.254 e. The van der Waals surface area contributed by atoms with Gasteiger partial charge in [0.2, 0.25) is 11.8 Å². The molecule has 3 rings (SSSR count). The predicted molar refractivity (Wildman–Crippen MR) is 87.0 cm³/mol. The molecular formula is C17H16N4O3. The average Bonchev–Trinajstić information content (AvgIpc) is 2.71. The molecule has 7 nitrogen and oxygen atoms in total. The van der Waals surface area contributed by atoms with Crippen molar-refractivity contribution in [1.82, 2.24) is 15.6 Å². The third kappa shape index (κ3) is 3.57. The molecule has 24 heavy (non-hydrogen) atoms. The van der Waals surface area contributed by atoms with Gasteiger partial charge in [0.1, 0.15) is 6.04 Å². The molecule has 1 aromatic carbocycles. The largest absolute Gasteiger partial charge is 0.352 e. The van der Waals surface area contributed by atoms with Crippen LogP contribution in [0.2, 0.25) is 0 Å². The van der Waals surface area contributed by atoms with Crippen LogP contribution in [0.3, 0.4) is 0 Å². The molecule has 1 atom stereocenters. The lowest BCUT2D eigenvalue weighted by molar-refractivity contribution is -0.125. The van der Waals surface area contributed by atoms with Crippen LogP contribution in [0.15, 0.2) is 48.8 Å². The second kappa shape index (κ2) is 6.91. The fraction of sp³-hybridized carbons (Fsp3) is 0.176. The highest BCUT2D eigenvalue weighted by Crippen LogP contribution is 2.18. The molecule has 0 fully saturated rings. The summed E-state index contributed by atoms with van der Waals surface area (Å²) in [5, 5.41) is 7.97. The van der Waals surface area contributed by atoms with E-state index in [2.05, 4.69) is 20.9 Å². The van der Waals surface area contributed by atoms with Gasteiger partial charge < -0.3 is 16.0 Å². The third-order valence-electron chi connectivity index (χ3n) is 3.65. The topological polar surface area (TPSA) is 100 Å². The molecule has 1 aromatic heterocycles. The van der Waals surface area contributed by atoms with Gasteiger partial charge in [-0.3, -0.25) is 19.4 Å². The summed E-state index contributed by atoms with van der Waals surface area (Å²) >= 11 is 0. The second-order valence-electron chi connectivity index (χ2n) is 5.40. The van der Waals surface area contributed by atoms with Crippen LogP contribution in [-0.2, 0) is 16.1 Å². The first kappa shape index (κ1) is 15.7. The lowest BCUT2D eigenvalue weighted by Crippen LogP contribution is -2.44. The van der Waals surface area contributed by atoms with Crippen LogP contribution in [0.5, 0.6) is 0 Å². The summed E-state index contributed by atoms with van der Waals surface area (Å²) in [4.78, 5) is 40.4. The average molecular weight is 324 g/mol. The van der Waals surface area contributed by atoms with Gasteiger partial charge in [-0.25, -0.2) is 0 Å². The van der Waals surface area contributed by atoms with Gasteiger partial charge in [-0.2, -0.15) is 0 Å². The lowest BCUT2D eigenvalue weighted by atomic mass is 10.1. The van der Waals surface area contributed by atoms with Crippen LogP contribution in [0.1, 0.15) is 22.3 Å². The first-order valence-electron chi connectivity index (χ1n) is 7.50. The number of carbonyl (C=O) groups is 3. The molecule has 122 valence electrons. The summed E-state index contributed by atoms with van der Waals surface area (Å²) in [7, 11) is 0. The quantitative estimate of drug-likeness (QED) is 0.776. The van der Waals surface area contributed by atoms with Crippen molar-refractivity contribution in [3.05, 3.63) is 59.9 Å². The molecular weight excluding hydrogens is 308 g/mol. The van der Waals surface area contributed by atoms with Gasteiger partial charge in [-0.05, 0) is 23.8 Å². The van der Waals surface area contributed by atoms with Crippen LogP contribution >= 0.6 is 0 Å². The van der Waals surface area contributed by atoms with Gasteiger partial charge in [0.25, 0.3) is 5.91 Å². The van der Waals surface area contributed by atoms with Crippen LogP contribution in [-0.4, -0.2) is 28.7 Å². The summed E-state index contributed by atoms with van der Waals surface area (Å²) in [5.74, 6) is -1.12. The normalized spacial score (nSPS) is 16.4. The van der Waals surface area contributed by atoms with E-state index in [0.717, 1.165) is 5.56 Å². The maximum absolute atomic E-state index is 12.2. The number of benzene rings is 1. The highest BCUT2D eigenvalue weighted by atomic mass is 16.2. The molecule has 0 saturated carbocycles. The molecule has 0 aliphatic carbocycles. The highest BCUT2D eigenvalue weighted by Gasteiger charge is 2.29. The molecule has 2 heterocycles. The van der Waals surface area contributed by atoms with Crippen molar-refractivity contribution in [2.75, 3.05) is 5.32 Å². The van der Waals surface area contributed by atoms with Crippen molar-refractivity contribution in [2.45, 2.75) is 19.0 Å². The Morgan fingerprint density at radius 3 is 2.79 bits per heavy atom. The van der Waals surface area contributed by atoms with Crippen LogP contribution < -0.4 is 16.0 Å². The fourth-order valence-electron chi connectivity index (χ4n) is 2.42. The van der Waals surface area contributed by atoms with E-state index in [1.165, 1.54) is 0 Å². The monoisotopic (exact) mass is 324 g/mol. The van der Waals surface area contributed by atoms with Gasteiger partial charge in [0.05, 0.1) is 17.7 Å². The van der Waals surface area contributed by atoms with E-state index in [1.54, 1.807) is 42.7 Å². The predicted octanol–water partition coefficient (Wildman–Crippen LogP) is 0.839. The van der Waals surface area contributed by atoms with Crippen molar-refractivity contribution in [3.8, 4) is 0 Å². The molecule has 3 amide bonds. The van der Waals surface area contributed by atoms with E-state index in [9.17, 15) is 14.4 Å². The number of amides is 3. The zero-order chi connectivity index (χ0) is 16.9. The Kier molecular flexibility index (Phi) is 4.51. The molecule has 2 aromatic rings. The second-order valence-corrected chi connectivity index (χ2v) is 5.40. The summed E-state index contributed by atoms with van der Waals surface area (Å²) in [6, 6.07) is 9.41. The minimum Gasteiger partial charge on any atom is -0.352 e. The number of nitrogens with one attached hydrogen (secondary N) is 3. The van der Waals surface area contributed by atoms with Gasteiger partial charge in [0.15, 0.2) is 0 Å². The summed E-state index contributed by atoms with van der Waals surface area (Å²) in [6.45, 7) is 0.315. The summed E-state index contributed by atoms with van der Waals surface area (Å²) in [6.07, 6.45) is 3.16. The smallest absolute Gasteiger partial charge is 0.254 e. The van der Waals surface area contributed by atoms with Crippen LogP contribution in [0.4, 0.5) is 5.69 Å². The zero-order valence-electron chi connectivity index (χ0n) is 12.8. The van der Waals surface area contributed by atoms with Crippen molar-refractivity contribution in [3.63, 3.8) is 0 Å². The van der Waals surface area contributed by atoms with E-state index >= 15 is 0 Å². The van der Waals surface area contributed by atoms with Crippen molar-refractivity contribution in [1.29, 1.82) is 0 Å². The van der Waals surface area contributed by atoms with Gasteiger partial charge in [0, 0.05) is 18.9 Å². The molecule has 1 aliphatic rings. The van der Waals surface area contributed by atoms with Gasteiger partial charge in [-0.1, -0.05) is 18.2 Å². The Hall–Kier alpha value is -3.22. The van der Waals surface area contributed by atoms with E-state index < -0.39 is 11.9 Å². The number of pyridine rings is 1. The standard InChI is InChI=1S/C17H16N4O3/c22-15(19-10-11-4-3-7-18-9-11)8-14-17(24)20-13-6-2-1-5-12(13)16(23)21-14/h1-7,9,14H,8,10H2,(H,19,22)(H,20,24)(H,21,23)/t14-/m0/s1. The SMILES string of the molecule is O=C(C[C@@H]1NC(=O)c2ccccc2NC1=O)NCc1cccnc1. The molecule has 3 N–H and O–H groups in total. The number of nitrogens with zero attached hydrogens (tertiary/aromatic N) is 1. The lowest BCUT2D eigenvalue weighted by Gasteiger charge is -2.14. The van der Waals surface area contributed by atoms with E-state index in [4.69, 9.17) is 0 Å². The third-order valence-corrected chi connectivity index (χ3v) is 3.65. The fourth-order valence-corrected chi connectivity index (χ4v) is 2.42. The van der Waals surface area contributed by atoms with Crippen molar-refractivity contribution >= 4 is 23.4 Å². The Morgan fingerprint density at radius 1 is 1.17 bits per heavy atom. The Balaban J connectivity index is 1.62. The molecule has 7 heteroatoms. The number of carbonyl (C=O) groups excluding carboxylic acids is 3. The minimum atomic E-state index is -0.918. The van der Waals surface area contributed by atoms with Crippen LogP contribution in [0, 0.1) is 0 Å². The molecule has 0 unspecified atom stereocenters. The Morgan fingerprint density at radius 2 is 2.00 bits per heavy atom. The number of aromatic nitrogens is 1. The first-order chi connectivity index (χ1) is 11.6. The van der Waals surface area contributed by atoms with Crippen molar-refractivity contribution in [2.24, 2.45) is 0 Å². The molecule has 1 aliphatic heterocycles. The van der Waals surface area contributed by atoms with Crippen LogP contribution in [0.25, 0.3) is 0 Å². The number of hydrogen-bond donors (Lipinski definition) is 3. The number of para-hydroxylation sites is 1. The number of rotatable bonds is 4. The summed E-state index contributed by atoms with van der Waals surface area (Å²) < 4.78 is 0. The van der Waals surface area contributed by atoms with Crippen molar-refractivity contribution < 1.29 is 14.4 Å². The molecule has 0 radical (unpaired) electrons. The maximum atomic E-state index is 12.2. The number of fused-ring (bicyclic) bond motifs is 1. The molecule has 0 saturated heterocycles. The highest BCUT2D eigenvalue weighted by molar-refractivity contribution is 6.10.